The first-order valence-electron chi connectivity index (χ1n) is 4.44. The van der Waals surface area contributed by atoms with Crippen molar-refractivity contribution in [2.75, 3.05) is 13.7 Å². The Morgan fingerprint density at radius 2 is 2.46 bits per heavy atom. The third kappa shape index (κ3) is 4.01. The molecule has 1 rings (SSSR count). The molecule has 3 heteroatoms. The molecule has 0 saturated heterocycles. The molecule has 0 aromatic carbocycles. The molecule has 0 aliphatic carbocycles. The van der Waals surface area contributed by atoms with Gasteiger partial charge in [-0.2, -0.15) is 0 Å². The van der Waals surface area contributed by atoms with Crippen molar-refractivity contribution in [3.05, 3.63) is 30.1 Å². The summed E-state index contributed by atoms with van der Waals surface area (Å²) in [5, 5.41) is 3.33. The van der Waals surface area contributed by atoms with Crippen molar-refractivity contribution >= 4 is 0 Å². The topological polar surface area (TPSA) is 34.1 Å². The first-order chi connectivity index (χ1) is 6.33. The molecule has 0 aliphatic heterocycles. The van der Waals surface area contributed by atoms with E-state index in [9.17, 15) is 0 Å². The molecule has 0 unspecified atom stereocenters. The SMILES string of the molecule is COC[C@@H](C)NCc1cccnc1. The molecular formula is C10H16N2O. The molecule has 1 atom stereocenters. The minimum Gasteiger partial charge on any atom is -0.383 e. The summed E-state index contributed by atoms with van der Waals surface area (Å²) in [6.45, 7) is 3.68. The first-order valence-corrected chi connectivity index (χ1v) is 4.44. The largest absolute Gasteiger partial charge is 0.383 e. The van der Waals surface area contributed by atoms with E-state index >= 15 is 0 Å². The predicted octanol–water partition coefficient (Wildman–Crippen LogP) is 1.21. The fraction of sp³-hybridized carbons (Fsp3) is 0.500. The summed E-state index contributed by atoms with van der Waals surface area (Å²) >= 11 is 0. The van der Waals surface area contributed by atoms with Crippen molar-refractivity contribution in [2.24, 2.45) is 0 Å². The Balaban J connectivity index is 2.27. The second-order valence-electron chi connectivity index (χ2n) is 3.10. The molecule has 1 N–H and O–H groups in total. The number of hydrogen-bond acceptors (Lipinski definition) is 3. The Hall–Kier alpha value is -0.930. The van der Waals surface area contributed by atoms with E-state index in [1.807, 2.05) is 12.3 Å². The van der Waals surface area contributed by atoms with Crippen molar-refractivity contribution in [1.29, 1.82) is 0 Å². The summed E-state index contributed by atoms with van der Waals surface area (Å²) in [5.41, 5.74) is 1.20. The number of nitrogens with zero attached hydrogens (tertiary/aromatic N) is 1. The van der Waals surface area contributed by atoms with Crippen molar-refractivity contribution in [3.8, 4) is 0 Å². The summed E-state index contributed by atoms with van der Waals surface area (Å²) in [5.74, 6) is 0. The van der Waals surface area contributed by atoms with E-state index < -0.39 is 0 Å². The number of rotatable bonds is 5. The minimum atomic E-state index is 0.380. The summed E-state index contributed by atoms with van der Waals surface area (Å²) in [7, 11) is 1.71. The minimum absolute atomic E-state index is 0.380. The fourth-order valence-electron chi connectivity index (χ4n) is 1.10. The van der Waals surface area contributed by atoms with Crippen molar-refractivity contribution in [3.63, 3.8) is 0 Å². The monoisotopic (exact) mass is 180 g/mol. The Kier molecular flexibility index (Phi) is 4.43. The second-order valence-corrected chi connectivity index (χ2v) is 3.10. The fourth-order valence-corrected chi connectivity index (χ4v) is 1.10. The normalized spacial score (nSPS) is 12.8. The Morgan fingerprint density at radius 3 is 3.08 bits per heavy atom. The van der Waals surface area contributed by atoms with Crippen LogP contribution in [-0.4, -0.2) is 24.7 Å². The average Bonchev–Trinajstić information content (AvgIpc) is 2.17. The van der Waals surface area contributed by atoms with Gasteiger partial charge in [-0.05, 0) is 18.6 Å². The summed E-state index contributed by atoms with van der Waals surface area (Å²) in [6, 6.07) is 4.38. The van der Waals surface area contributed by atoms with Gasteiger partial charge in [0.05, 0.1) is 6.61 Å². The van der Waals surface area contributed by atoms with Crippen LogP contribution < -0.4 is 5.32 Å². The number of nitrogens with one attached hydrogen (secondary N) is 1. The Bertz CT molecular complexity index is 226. The van der Waals surface area contributed by atoms with Gasteiger partial charge in [-0.15, -0.1) is 0 Å². The van der Waals surface area contributed by atoms with Gasteiger partial charge in [0.1, 0.15) is 0 Å². The van der Waals surface area contributed by atoms with Crippen LogP contribution in [0, 0.1) is 0 Å². The van der Waals surface area contributed by atoms with Gasteiger partial charge in [-0.1, -0.05) is 6.07 Å². The van der Waals surface area contributed by atoms with Gasteiger partial charge in [0.2, 0.25) is 0 Å². The summed E-state index contributed by atoms with van der Waals surface area (Å²) < 4.78 is 5.01. The average molecular weight is 180 g/mol. The van der Waals surface area contributed by atoms with Gasteiger partial charge in [-0.25, -0.2) is 0 Å². The van der Waals surface area contributed by atoms with E-state index in [2.05, 4.69) is 23.3 Å². The van der Waals surface area contributed by atoms with Crippen molar-refractivity contribution in [2.45, 2.75) is 19.5 Å². The standard InChI is InChI=1S/C10H16N2O/c1-9(8-13-2)12-7-10-4-3-5-11-6-10/h3-6,9,12H,7-8H2,1-2H3/t9-/m1/s1. The highest BCUT2D eigenvalue weighted by molar-refractivity contribution is 5.07. The van der Waals surface area contributed by atoms with Gasteiger partial charge >= 0.3 is 0 Å². The van der Waals surface area contributed by atoms with Gasteiger partial charge in [0.25, 0.3) is 0 Å². The van der Waals surface area contributed by atoms with Crippen molar-refractivity contribution in [1.82, 2.24) is 10.3 Å². The van der Waals surface area contributed by atoms with Crippen LogP contribution in [0.3, 0.4) is 0 Å². The molecule has 0 spiro atoms. The van der Waals surface area contributed by atoms with E-state index in [1.54, 1.807) is 13.3 Å². The van der Waals surface area contributed by atoms with Crippen LogP contribution in [0.4, 0.5) is 0 Å². The van der Waals surface area contributed by atoms with Crippen LogP contribution in [0.2, 0.25) is 0 Å². The van der Waals surface area contributed by atoms with Crippen LogP contribution in [0.25, 0.3) is 0 Å². The first kappa shape index (κ1) is 10.2. The number of hydrogen-bond donors (Lipinski definition) is 1. The molecule has 0 bridgehead atoms. The van der Waals surface area contributed by atoms with E-state index in [-0.39, 0.29) is 0 Å². The molecule has 72 valence electrons. The molecule has 3 nitrogen and oxygen atoms in total. The predicted molar refractivity (Wildman–Crippen MR) is 52.4 cm³/mol. The van der Waals surface area contributed by atoms with Crippen LogP contribution in [0.1, 0.15) is 12.5 Å². The third-order valence-corrected chi connectivity index (χ3v) is 1.79. The highest BCUT2D eigenvalue weighted by Crippen LogP contribution is 1.95. The molecule has 0 saturated carbocycles. The maximum atomic E-state index is 5.01. The number of aromatic nitrogens is 1. The molecule has 0 fully saturated rings. The molecule has 0 radical (unpaired) electrons. The quantitative estimate of drug-likeness (QED) is 0.739. The van der Waals surface area contributed by atoms with Gasteiger partial charge in [0.15, 0.2) is 0 Å². The lowest BCUT2D eigenvalue weighted by molar-refractivity contribution is 0.171. The number of ether oxygens (including phenoxy) is 1. The zero-order valence-corrected chi connectivity index (χ0v) is 8.16. The van der Waals surface area contributed by atoms with Crippen LogP contribution in [-0.2, 0) is 11.3 Å². The molecule has 1 heterocycles. The highest BCUT2D eigenvalue weighted by Gasteiger charge is 1.99. The maximum absolute atomic E-state index is 5.01. The van der Waals surface area contributed by atoms with Crippen LogP contribution >= 0.6 is 0 Å². The lowest BCUT2D eigenvalue weighted by Crippen LogP contribution is -2.29. The summed E-state index contributed by atoms with van der Waals surface area (Å²) in [4.78, 5) is 4.04. The Labute approximate surface area is 79.1 Å². The van der Waals surface area contributed by atoms with Gasteiger partial charge < -0.3 is 10.1 Å². The lowest BCUT2D eigenvalue weighted by Gasteiger charge is -2.11. The smallest absolute Gasteiger partial charge is 0.0613 e. The summed E-state index contributed by atoms with van der Waals surface area (Å²) in [6.07, 6.45) is 3.65. The number of methoxy groups -OCH3 is 1. The van der Waals surface area contributed by atoms with Crippen LogP contribution in [0.5, 0.6) is 0 Å². The zero-order valence-electron chi connectivity index (χ0n) is 8.16. The zero-order chi connectivity index (χ0) is 9.52. The maximum Gasteiger partial charge on any atom is 0.0613 e. The molecule has 0 amide bonds. The van der Waals surface area contributed by atoms with Gasteiger partial charge in [-0.3, -0.25) is 4.98 Å². The second kappa shape index (κ2) is 5.67. The van der Waals surface area contributed by atoms with E-state index in [0.717, 1.165) is 13.2 Å². The van der Waals surface area contributed by atoms with Gasteiger partial charge in [0, 0.05) is 32.1 Å². The van der Waals surface area contributed by atoms with Crippen LogP contribution in [0.15, 0.2) is 24.5 Å². The Morgan fingerprint density at radius 1 is 1.62 bits per heavy atom. The van der Waals surface area contributed by atoms with E-state index in [1.165, 1.54) is 5.56 Å². The number of pyridine rings is 1. The molecule has 1 aromatic heterocycles. The molecule has 1 aromatic rings. The van der Waals surface area contributed by atoms with E-state index in [4.69, 9.17) is 4.74 Å². The van der Waals surface area contributed by atoms with E-state index in [0.29, 0.717) is 6.04 Å². The third-order valence-electron chi connectivity index (χ3n) is 1.79. The molecular weight excluding hydrogens is 164 g/mol. The molecule has 0 aliphatic rings. The molecule has 13 heavy (non-hydrogen) atoms. The highest BCUT2D eigenvalue weighted by atomic mass is 16.5. The lowest BCUT2D eigenvalue weighted by atomic mass is 10.2. The van der Waals surface area contributed by atoms with Crippen molar-refractivity contribution < 1.29 is 4.74 Å².